The van der Waals surface area contributed by atoms with E-state index in [4.69, 9.17) is 32.7 Å². The maximum Gasteiger partial charge on any atom is 0.323 e. The Labute approximate surface area is 227 Å². The van der Waals surface area contributed by atoms with Crippen LogP contribution in [-0.4, -0.2) is 84.7 Å². The number of carbonyl (C=O) groups excluding carboxylic acids is 2. The number of rotatable bonds is 9. The van der Waals surface area contributed by atoms with Gasteiger partial charge in [-0.2, -0.15) is 5.10 Å². The van der Waals surface area contributed by atoms with E-state index in [0.717, 1.165) is 0 Å². The summed E-state index contributed by atoms with van der Waals surface area (Å²) in [5, 5.41) is 18.2. The van der Waals surface area contributed by atoms with E-state index < -0.39 is 17.2 Å². The van der Waals surface area contributed by atoms with Crippen molar-refractivity contribution in [2.24, 2.45) is 7.05 Å². The number of nitrogens with one attached hydrogen (secondary N) is 3. The smallest absolute Gasteiger partial charge is 0.323 e. The average Bonchev–Trinajstić information content (AvgIpc) is 3.54. The molecule has 4 aromatic rings. The molecule has 0 unspecified atom stereocenters. The van der Waals surface area contributed by atoms with Gasteiger partial charge in [-0.15, -0.1) is 10.2 Å². The van der Waals surface area contributed by atoms with Gasteiger partial charge in [0.05, 0.1) is 60.4 Å². The van der Waals surface area contributed by atoms with Crippen molar-refractivity contribution >= 4 is 52.7 Å². The molecule has 0 bridgehead atoms. The molecule has 0 saturated heterocycles. The summed E-state index contributed by atoms with van der Waals surface area (Å²) in [5.74, 6) is 0.645. The van der Waals surface area contributed by atoms with Gasteiger partial charge in [-0.1, -0.05) is 11.3 Å². The summed E-state index contributed by atoms with van der Waals surface area (Å²) in [5.41, 5.74) is 0.969. The van der Waals surface area contributed by atoms with Crippen molar-refractivity contribution in [2.45, 2.75) is 11.8 Å². The van der Waals surface area contributed by atoms with Gasteiger partial charge in [-0.05, 0) is 24.3 Å². The largest absolute Gasteiger partial charge is 0.494 e. The van der Waals surface area contributed by atoms with Gasteiger partial charge in [-0.25, -0.2) is 9.78 Å². The molecule has 0 aliphatic carbocycles. The number of methoxy groups -OCH3 is 1. The molecule has 0 saturated carbocycles. The lowest BCUT2D eigenvalue weighted by atomic mass is 9.49. The van der Waals surface area contributed by atoms with Crippen molar-refractivity contribution in [1.82, 2.24) is 35.2 Å². The fraction of sp³-hybridized carbons (Fsp3) is 0.217. The number of urea groups is 1. The fourth-order valence-electron chi connectivity index (χ4n) is 3.52. The third kappa shape index (κ3) is 6.77. The zero-order valence-corrected chi connectivity index (χ0v) is 21.4. The minimum absolute atomic E-state index is 0.0476. The number of nitrogens with zero attached hydrogens (tertiary/aromatic N) is 6. The highest BCUT2D eigenvalue weighted by molar-refractivity contribution is 6.60. The van der Waals surface area contributed by atoms with E-state index in [1.54, 1.807) is 55.4 Å². The Kier molecular flexibility index (Phi) is 7.93. The van der Waals surface area contributed by atoms with Gasteiger partial charge in [0, 0.05) is 20.2 Å². The van der Waals surface area contributed by atoms with Crippen LogP contribution in [0, 0.1) is 0 Å². The monoisotopic (exact) mass is 521 g/mol. The molecule has 3 amide bonds. The molecule has 3 aromatic heterocycles. The van der Waals surface area contributed by atoms with Crippen molar-refractivity contribution < 1.29 is 18.7 Å². The summed E-state index contributed by atoms with van der Waals surface area (Å²) < 4.78 is 12.5. The van der Waals surface area contributed by atoms with E-state index in [9.17, 15) is 9.59 Å². The number of anilines is 3. The van der Waals surface area contributed by atoms with Gasteiger partial charge in [0.1, 0.15) is 12.1 Å². The molecular weight excluding hydrogens is 499 g/mol. The highest BCUT2D eigenvalue weighted by atomic mass is 16.5. The molecule has 3 N–H and O–H groups in total. The number of hydrogen-bond acceptors (Lipinski definition) is 9. The first-order chi connectivity index (χ1) is 18.5. The summed E-state index contributed by atoms with van der Waals surface area (Å²) >= 11 is 0. The molecule has 39 heavy (non-hydrogen) atoms. The van der Waals surface area contributed by atoms with Crippen LogP contribution in [-0.2, 0) is 13.6 Å². The van der Waals surface area contributed by atoms with Gasteiger partial charge < -0.3 is 24.7 Å². The SMILES string of the molecule is [B]C([B])([B])NC(=O)c1nnc(NC(=O)N(C)Cc2ccco2)cc1Nc1cccc(-c2ncn(C)n2)c1OC. The molecule has 4 rings (SSSR count). The Morgan fingerprint density at radius 3 is 2.59 bits per heavy atom. The minimum Gasteiger partial charge on any atom is -0.494 e. The Morgan fingerprint density at radius 1 is 1.15 bits per heavy atom. The number of benzene rings is 1. The highest BCUT2D eigenvalue weighted by Crippen LogP contribution is 2.37. The van der Waals surface area contributed by atoms with Crippen LogP contribution < -0.4 is 20.7 Å². The van der Waals surface area contributed by atoms with Crippen LogP contribution in [0.5, 0.6) is 5.75 Å². The van der Waals surface area contributed by atoms with Crippen LogP contribution in [0.25, 0.3) is 11.4 Å². The lowest BCUT2D eigenvalue weighted by Gasteiger charge is -2.23. The third-order valence-corrected chi connectivity index (χ3v) is 5.22. The number of para-hydroxylation sites is 1. The standard InChI is InChI=1S/C23H22B3N9O4/c1-34(11-13-6-5-9-39-13)22(37)29-17-10-16(18(32-31-17)21(36)30-23(24,25)26)28-15-8-4-7-14(19(15)38-3)20-27-12-35(2)33-20/h4-10,12H,11H2,1-3H3,(H,30,36)(H2,28,29,31,37). The maximum atomic E-state index is 12.9. The Morgan fingerprint density at radius 2 is 1.95 bits per heavy atom. The van der Waals surface area contributed by atoms with E-state index in [-0.39, 0.29) is 23.7 Å². The summed E-state index contributed by atoms with van der Waals surface area (Å²) in [7, 11) is 21.4. The average molecular weight is 521 g/mol. The Hall–Kier alpha value is -4.75. The van der Waals surface area contributed by atoms with Crippen molar-refractivity contribution in [1.29, 1.82) is 0 Å². The van der Waals surface area contributed by atoms with Gasteiger partial charge in [-0.3, -0.25) is 14.8 Å². The number of amides is 3. The second kappa shape index (κ2) is 11.3. The normalized spacial score (nSPS) is 11.1. The molecule has 16 heteroatoms. The van der Waals surface area contributed by atoms with E-state index in [2.05, 4.69) is 36.2 Å². The molecule has 192 valence electrons. The first-order valence-electron chi connectivity index (χ1n) is 11.5. The van der Waals surface area contributed by atoms with Crippen molar-refractivity contribution in [3.63, 3.8) is 0 Å². The quantitative estimate of drug-likeness (QED) is 0.276. The van der Waals surface area contributed by atoms with Crippen molar-refractivity contribution in [2.75, 3.05) is 24.8 Å². The molecular formula is C23H22B3N9O4. The second-order valence-electron chi connectivity index (χ2n) is 8.50. The molecule has 0 aliphatic heterocycles. The van der Waals surface area contributed by atoms with E-state index in [1.165, 1.54) is 24.3 Å². The predicted octanol–water partition coefficient (Wildman–Crippen LogP) is 1.13. The first-order valence-corrected chi connectivity index (χ1v) is 11.5. The van der Waals surface area contributed by atoms with Crippen molar-refractivity contribution in [3.05, 3.63) is 60.4 Å². The van der Waals surface area contributed by atoms with Crippen LogP contribution >= 0.6 is 0 Å². The molecule has 0 atom stereocenters. The van der Waals surface area contributed by atoms with E-state index >= 15 is 0 Å². The molecule has 0 fully saturated rings. The number of furan rings is 1. The topological polar surface area (TPSA) is 152 Å². The van der Waals surface area contributed by atoms with Gasteiger partial charge in [0.25, 0.3) is 5.91 Å². The molecule has 0 aliphatic rings. The predicted molar refractivity (Wildman–Crippen MR) is 145 cm³/mol. The number of aromatic nitrogens is 5. The Bertz CT molecular complexity index is 1470. The Balaban J connectivity index is 1.67. The third-order valence-electron chi connectivity index (χ3n) is 5.22. The molecule has 13 nitrogen and oxygen atoms in total. The zero-order chi connectivity index (χ0) is 28.2. The lowest BCUT2D eigenvalue weighted by Crippen LogP contribution is -2.50. The van der Waals surface area contributed by atoms with Crippen LogP contribution in [0.2, 0.25) is 0 Å². The highest BCUT2D eigenvalue weighted by Gasteiger charge is 2.23. The molecule has 6 radical (unpaired) electrons. The summed E-state index contributed by atoms with van der Waals surface area (Å²) in [6.07, 6.45) is 3.07. The number of ether oxygens (including phenoxy) is 1. The number of aryl methyl sites for hydroxylation is 1. The zero-order valence-electron chi connectivity index (χ0n) is 21.4. The maximum absolute atomic E-state index is 12.9. The summed E-state index contributed by atoms with van der Waals surface area (Å²) in [4.78, 5) is 31.3. The minimum atomic E-state index is -2.01. The van der Waals surface area contributed by atoms with Crippen LogP contribution in [0.3, 0.4) is 0 Å². The number of carbonyl (C=O) groups is 2. The van der Waals surface area contributed by atoms with Gasteiger partial charge >= 0.3 is 6.03 Å². The van der Waals surface area contributed by atoms with Gasteiger partial charge in [0.15, 0.2) is 23.1 Å². The summed E-state index contributed by atoms with van der Waals surface area (Å²) in [6.45, 7) is 0.217. The van der Waals surface area contributed by atoms with Crippen LogP contribution in [0.1, 0.15) is 16.2 Å². The van der Waals surface area contributed by atoms with Crippen molar-refractivity contribution in [3.8, 4) is 17.1 Å². The molecule has 1 aromatic carbocycles. The number of hydrogen-bond donors (Lipinski definition) is 3. The molecule has 0 spiro atoms. The van der Waals surface area contributed by atoms with Gasteiger partial charge in [0.2, 0.25) is 0 Å². The first kappa shape index (κ1) is 27.3. The van der Waals surface area contributed by atoms with E-state index in [0.29, 0.717) is 28.6 Å². The van der Waals surface area contributed by atoms with Crippen LogP contribution in [0.4, 0.5) is 22.0 Å². The summed E-state index contributed by atoms with van der Waals surface area (Å²) in [6, 6.07) is 9.63. The molecule has 3 heterocycles. The second-order valence-corrected chi connectivity index (χ2v) is 8.50. The van der Waals surface area contributed by atoms with E-state index in [1.807, 2.05) is 0 Å². The lowest BCUT2D eigenvalue weighted by molar-refractivity contribution is 0.0947. The fourth-order valence-corrected chi connectivity index (χ4v) is 3.52. The van der Waals surface area contributed by atoms with Crippen LogP contribution in [0.15, 0.2) is 53.4 Å².